The molecule has 0 unspecified atom stereocenters. The van der Waals surface area contributed by atoms with E-state index in [2.05, 4.69) is 21.9 Å². The lowest BCUT2D eigenvalue weighted by molar-refractivity contribution is 0.0600. The molecule has 0 radical (unpaired) electrons. The maximum Gasteiger partial charge on any atom is 0.337 e. The zero-order chi connectivity index (χ0) is 23.3. The van der Waals surface area contributed by atoms with Gasteiger partial charge in [0.15, 0.2) is 0 Å². The van der Waals surface area contributed by atoms with E-state index in [0.29, 0.717) is 23.6 Å². The summed E-state index contributed by atoms with van der Waals surface area (Å²) in [4.78, 5) is 17.0. The van der Waals surface area contributed by atoms with Crippen LogP contribution in [0, 0.1) is 5.41 Å². The minimum Gasteiger partial charge on any atom is -0.489 e. The number of hydrogen-bond donors (Lipinski definition) is 0. The Kier molecular flexibility index (Phi) is 5.57. The third-order valence-electron chi connectivity index (χ3n) is 8.17. The zero-order valence-electron chi connectivity index (χ0n) is 19.7. The minimum absolute atomic E-state index is 0.322. The van der Waals surface area contributed by atoms with Gasteiger partial charge >= 0.3 is 5.97 Å². The monoisotopic (exact) mass is 478 g/mol. The first-order valence-electron chi connectivity index (χ1n) is 12.3. The molecule has 2 fully saturated rings. The maximum absolute atomic E-state index is 11.9. The summed E-state index contributed by atoms with van der Waals surface area (Å²) in [5, 5.41) is 0.799. The predicted octanol–water partition coefficient (Wildman–Crippen LogP) is 5.43. The van der Waals surface area contributed by atoms with Crippen molar-refractivity contribution in [2.45, 2.75) is 38.1 Å². The second kappa shape index (κ2) is 8.62. The van der Waals surface area contributed by atoms with Crippen molar-refractivity contribution in [3.05, 3.63) is 64.2 Å². The number of hydrogen-bond acceptors (Lipinski definition) is 5. The molecule has 1 spiro atoms. The number of methoxy groups -OCH3 is 1. The van der Waals surface area contributed by atoms with Gasteiger partial charge < -0.3 is 14.4 Å². The van der Waals surface area contributed by atoms with Crippen molar-refractivity contribution in [3.63, 3.8) is 0 Å². The second-order valence-corrected chi connectivity index (χ2v) is 10.8. The number of allylic oxidation sites excluding steroid dienone is 1. The van der Waals surface area contributed by atoms with Crippen LogP contribution in [0.1, 0.15) is 48.0 Å². The van der Waals surface area contributed by atoms with Gasteiger partial charge in [-0.1, -0.05) is 29.3 Å². The van der Waals surface area contributed by atoms with E-state index < -0.39 is 0 Å². The Bertz CT molecular complexity index is 1140. The Morgan fingerprint density at radius 1 is 1.15 bits per heavy atom. The molecule has 1 atom stereocenters. The topological polar surface area (TPSA) is 42.0 Å². The second-order valence-electron chi connectivity index (χ2n) is 10.3. The van der Waals surface area contributed by atoms with Crippen LogP contribution in [-0.2, 0) is 4.74 Å². The Morgan fingerprint density at radius 3 is 2.74 bits per heavy atom. The third-order valence-corrected chi connectivity index (χ3v) is 8.43. The molecule has 1 saturated heterocycles. The normalized spacial score (nSPS) is 23.2. The van der Waals surface area contributed by atoms with Gasteiger partial charge in [-0.05, 0) is 79.0 Å². The van der Waals surface area contributed by atoms with E-state index in [1.54, 1.807) is 5.57 Å². The standard InChI is InChI=1S/C28H31ClN2O3/c1-33-27(32)20-4-7-25-26(14-20)34-18-23-17-30(12-13-31(23)25)16-21-15-28(10-11-28)9-8-24(21)19-2-5-22(29)6-3-19/h2-7,14,23H,8-13,15-18H2,1H3/t23-/m0/s1. The summed E-state index contributed by atoms with van der Waals surface area (Å²) in [6, 6.07) is 14.4. The van der Waals surface area contributed by atoms with Crippen LogP contribution in [0.5, 0.6) is 5.75 Å². The molecule has 6 heteroatoms. The number of rotatable bonds is 4. The highest BCUT2D eigenvalue weighted by Crippen LogP contribution is 2.58. The van der Waals surface area contributed by atoms with E-state index in [1.165, 1.54) is 50.4 Å². The molecule has 0 amide bonds. The van der Waals surface area contributed by atoms with Gasteiger partial charge in [0.1, 0.15) is 12.4 Å². The Balaban J connectivity index is 1.20. The summed E-state index contributed by atoms with van der Waals surface area (Å²) in [7, 11) is 1.41. The van der Waals surface area contributed by atoms with Crippen LogP contribution in [0.2, 0.25) is 5.02 Å². The molecule has 4 aliphatic rings. The summed E-state index contributed by atoms with van der Waals surface area (Å²) in [5.74, 6) is 0.451. The van der Waals surface area contributed by atoms with Gasteiger partial charge in [-0.25, -0.2) is 4.79 Å². The lowest BCUT2D eigenvalue weighted by Crippen LogP contribution is -2.57. The quantitative estimate of drug-likeness (QED) is 0.548. The van der Waals surface area contributed by atoms with Crippen molar-refractivity contribution in [3.8, 4) is 5.75 Å². The SMILES string of the molecule is COC(=O)c1ccc2c(c1)OC[C@@H]1CN(CC3=C(c4ccc(Cl)cc4)CCC4(CC4)C3)CCN21. The fourth-order valence-electron chi connectivity index (χ4n) is 6.06. The molecule has 2 aromatic carbocycles. The number of carbonyl (C=O) groups excluding carboxylic acids is 1. The van der Waals surface area contributed by atoms with Crippen molar-refractivity contribution < 1.29 is 14.3 Å². The molecule has 2 heterocycles. The fourth-order valence-corrected chi connectivity index (χ4v) is 6.19. The fraction of sp³-hybridized carbons (Fsp3) is 0.464. The molecule has 0 aromatic heterocycles. The number of nitrogens with zero attached hydrogens (tertiary/aromatic N) is 2. The molecule has 2 aromatic rings. The van der Waals surface area contributed by atoms with E-state index >= 15 is 0 Å². The van der Waals surface area contributed by atoms with E-state index in [4.69, 9.17) is 21.1 Å². The van der Waals surface area contributed by atoms with Crippen molar-refractivity contribution >= 4 is 28.8 Å². The minimum atomic E-state index is -0.330. The predicted molar refractivity (Wildman–Crippen MR) is 135 cm³/mol. The highest BCUT2D eigenvalue weighted by atomic mass is 35.5. The van der Waals surface area contributed by atoms with E-state index in [9.17, 15) is 4.79 Å². The van der Waals surface area contributed by atoms with Crippen LogP contribution in [0.15, 0.2) is 48.0 Å². The van der Waals surface area contributed by atoms with Crippen LogP contribution in [0.25, 0.3) is 5.57 Å². The zero-order valence-corrected chi connectivity index (χ0v) is 20.4. The number of esters is 1. The van der Waals surface area contributed by atoms with E-state index in [1.807, 2.05) is 30.3 Å². The van der Waals surface area contributed by atoms with Crippen LogP contribution < -0.4 is 9.64 Å². The summed E-state index contributed by atoms with van der Waals surface area (Å²) in [5.41, 5.74) is 6.70. The van der Waals surface area contributed by atoms with Gasteiger partial charge in [0.25, 0.3) is 0 Å². The van der Waals surface area contributed by atoms with Gasteiger partial charge in [0.05, 0.1) is 24.4 Å². The molecule has 0 N–H and O–H groups in total. The smallest absolute Gasteiger partial charge is 0.337 e. The highest BCUT2D eigenvalue weighted by molar-refractivity contribution is 6.30. The van der Waals surface area contributed by atoms with Gasteiger partial charge in [-0.2, -0.15) is 0 Å². The molecule has 5 nitrogen and oxygen atoms in total. The molecule has 0 bridgehead atoms. The van der Waals surface area contributed by atoms with Crippen LogP contribution in [0.4, 0.5) is 5.69 Å². The number of anilines is 1. The number of benzene rings is 2. The highest BCUT2D eigenvalue weighted by Gasteiger charge is 2.45. The van der Waals surface area contributed by atoms with Crippen molar-refractivity contribution in [1.29, 1.82) is 0 Å². The number of ether oxygens (including phenoxy) is 2. The molecular weight excluding hydrogens is 448 g/mol. The first-order chi connectivity index (χ1) is 16.5. The molecule has 2 aliphatic heterocycles. The maximum atomic E-state index is 11.9. The number of piperazine rings is 1. The Hall–Kier alpha value is -2.50. The first kappa shape index (κ1) is 22.0. The molecule has 2 aliphatic carbocycles. The van der Waals surface area contributed by atoms with Gasteiger partial charge in [0, 0.05) is 31.2 Å². The lowest BCUT2D eigenvalue weighted by Gasteiger charge is -2.46. The van der Waals surface area contributed by atoms with Crippen molar-refractivity contribution in [1.82, 2.24) is 4.90 Å². The summed E-state index contributed by atoms with van der Waals surface area (Å²) in [6.45, 7) is 4.66. The van der Waals surface area contributed by atoms with Crippen LogP contribution in [-0.4, -0.2) is 56.8 Å². The lowest BCUT2D eigenvalue weighted by atomic mass is 9.79. The summed E-state index contributed by atoms with van der Waals surface area (Å²) < 4.78 is 11.0. The molecule has 34 heavy (non-hydrogen) atoms. The number of fused-ring (bicyclic) bond motifs is 3. The molecule has 6 rings (SSSR count). The first-order valence-corrected chi connectivity index (χ1v) is 12.7. The average molecular weight is 479 g/mol. The van der Waals surface area contributed by atoms with Crippen LogP contribution >= 0.6 is 11.6 Å². The average Bonchev–Trinajstić information content (AvgIpc) is 3.62. The van der Waals surface area contributed by atoms with Gasteiger partial charge in [-0.3, -0.25) is 4.90 Å². The molecular formula is C28H31ClN2O3. The third kappa shape index (κ3) is 4.09. The van der Waals surface area contributed by atoms with Crippen LogP contribution in [0.3, 0.4) is 0 Å². The number of halogens is 1. The van der Waals surface area contributed by atoms with E-state index in [-0.39, 0.29) is 5.97 Å². The Morgan fingerprint density at radius 2 is 1.97 bits per heavy atom. The number of carbonyl (C=O) groups is 1. The van der Waals surface area contributed by atoms with E-state index in [0.717, 1.165) is 42.6 Å². The Labute approximate surface area is 206 Å². The van der Waals surface area contributed by atoms with Gasteiger partial charge in [-0.15, -0.1) is 0 Å². The molecule has 178 valence electrons. The van der Waals surface area contributed by atoms with Gasteiger partial charge in [0.2, 0.25) is 0 Å². The summed E-state index contributed by atoms with van der Waals surface area (Å²) >= 11 is 6.17. The largest absolute Gasteiger partial charge is 0.489 e. The van der Waals surface area contributed by atoms with Crippen molar-refractivity contribution in [2.75, 3.05) is 44.8 Å². The summed E-state index contributed by atoms with van der Waals surface area (Å²) in [6.07, 6.45) is 6.52. The molecule has 1 saturated carbocycles. The van der Waals surface area contributed by atoms with Crippen molar-refractivity contribution in [2.24, 2.45) is 5.41 Å².